The van der Waals surface area contributed by atoms with Gasteiger partial charge in [-0.25, -0.2) is 23.8 Å². The predicted molar refractivity (Wildman–Crippen MR) is 133 cm³/mol. The molecular formula is C22H24F2N8O3S2. The predicted octanol–water partition coefficient (Wildman–Crippen LogP) is 2.78. The summed E-state index contributed by atoms with van der Waals surface area (Å²) in [6, 6.07) is 2.97. The molecule has 1 aromatic carbocycles. The Labute approximate surface area is 215 Å². The number of hydrogen-bond acceptors (Lipinski definition) is 8. The van der Waals surface area contributed by atoms with Crippen molar-refractivity contribution in [2.45, 2.75) is 43.2 Å². The van der Waals surface area contributed by atoms with Gasteiger partial charge in [0.15, 0.2) is 10.0 Å². The molecule has 15 heteroatoms. The molecule has 3 aromatic rings. The molecule has 0 atom stereocenters. The van der Waals surface area contributed by atoms with E-state index in [2.05, 4.69) is 24.9 Å². The number of rotatable bonds is 7. The van der Waals surface area contributed by atoms with E-state index in [0.29, 0.717) is 73.4 Å². The summed E-state index contributed by atoms with van der Waals surface area (Å²) in [4.78, 5) is 19.3. The van der Waals surface area contributed by atoms with Crippen molar-refractivity contribution in [1.82, 2.24) is 29.6 Å². The maximum Gasteiger partial charge on any atom is 0.299 e. The molecule has 0 radical (unpaired) electrons. The number of amides is 1. The molecule has 11 nitrogen and oxygen atoms in total. The van der Waals surface area contributed by atoms with Crippen molar-refractivity contribution < 1.29 is 22.0 Å². The van der Waals surface area contributed by atoms with E-state index in [4.69, 9.17) is 6.57 Å². The van der Waals surface area contributed by atoms with Crippen molar-refractivity contribution in [3.05, 3.63) is 28.6 Å². The van der Waals surface area contributed by atoms with Crippen LogP contribution in [0.3, 0.4) is 0 Å². The Morgan fingerprint density at radius 2 is 1.95 bits per heavy atom. The number of carbonyl (C=O) groups excluding carboxylic acids is 1. The minimum Gasteiger partial charge on any atom is -0.366 e. The third-order valence-electron chi connectivity index (χ3n) is 6.57. The van der Waals surface area contributed by atoms with Crippen LogP contribution in [0.5, 0.6) is 0 Å². The van der Waals surface area contributed by atoms with Gasteiger partial charge in [0.05, 0.1) is 28.9 Å². The van der Waals surface area contributed by atoms with Gasteiger partial charge in [0, 0.05) is 45.0 Å². The minimum absolute atomic E-state index is 0.0492. The topological polar surface area (TPSA) is 118 Å². The standard InChI is InChI=1S/C22H24F2N8O3S2/c1-4-16(33)32-9-7-31(8-10-32)15-12-13(37(34,35)29-22(25-2)5-6-22)11-14-17(28-30(3)18(14)15)20-26-27-21(36-20)19(23)24/h11-12,19,29H,4-10H2,1,3H3. The molecule has 0 bridgehead atoms. The Balaban J connectivity index is 1.63. The average molecular weight is 551 g/mol. The zero-order valence-corrected chi connectivity index (χ0v) is 21.7. The van der Waals surface area contributed by atoms with E-state index in [-0.39, 0.29) is 21.5 Å². The lowest BCUT2D eigenvalue weighted by Crippen LogP contribution is -2.48. The van der Waals surface area contributed by atoms with Gasteiger partial charge < -0.3 is 9.80 Å². The second kappa shape index (κ2) is 9.26. The third-order valence-corrected chi connectivity index (χ3v) is 9.01. The fourth-order valence-corrected chi connectivity index (χ4v) is 6.53. The van der Waals surface area contributed by atoms with Gasteiger partial charge in [0.2, 0.25) is 15.9 Å². The van der Waals surface area contributed by atoms with Crippen LogP contribution in [0.25, 0.3) is 26.4 Å². The lowest BCUT2D eigenvalue weighted by Gasteiger charge is -2.36. The zero-order valence-electron chi connectivity index (χ0n) is 20.1. The number of nitrogens with one attached hydrogen (secondary N) is 1. The summed E-state index contributed by atoms with van der Waals surface area (Å²) in [6.07, 6.45) is -1.53. The van der Waals surface area contributed by atoms with Crippen molar-refractivity contribution in [1.29, 1.82) is 0 Å². The van der Waals surface area contributed by atoms with Crippen LogP contribution in [0.15, 0.2) is 17.0 Å². The maximum absolute atomic E-state index is 13.4. The number of fused-ring (bicyclic) bond motifs is 1. The molecule has 5 rings (SSSR count). The van der Waals surface area contributed by atoms with Gasteiger partial charge in [-0.3, -0.25) is 14.3 Å². The molecule has 2 aliphatic rings. The Morgan fingerprint density at radius 3 is 2.51 bits per heavy atom. The van der Waals surface area contributed by atoms with Crippen molar-refractivity contribution in [2.75, 3.05) is 31.1 Å². The van der Waals surface area contributed by atoms with Gasteiger partial charge in [-0.2, -0.15) is 5.10 Å². The first-order valence-electron chi connectivity index (χ1n) is 11.7. The Hall–Kier alpha value is -3.22. The molecule has 0 unspecified atom stereocenters. The Kier molecular flexibility index (Phi) is 6.37. The summed E-state index contributed by atoms with van der Waals surface area (Å²) in [5.74, 6) is 0.0492. The number of carbonyl (C=O) groups is 1. The molecule has 1 aliphatic heterocycles. The Bertz CT molecular complexity index is 1520. The van der Waals surface area contributed by atoms with Gasteiger partial charge in [-0.1, -0.05) is 18.3 Å². The van der Waals surface area contributed by atoms with E-state index in [1.807, 2.05) is 4.90 Å². The van der Waals surface area contributed by atoms with Crippen LogP contribution in [0.4, 0.5) is 14.5 Å². The van der Waals surface area contributed by atoms with Gasteiger partial charge in [-0.15, -0.1) is 14.9 Å². The molecule has 0 spiro atoms. The summed E-state index contributed by atoms with van der Waals surface area (Å²) in [7, 11) is -2.40. The number of aromatic nitrogens is 4. The van der Waals surface area contributed by atoms with E-state index in [0.717, 1.165) is 0 Å². The van der Waals surface area contributed by atoms with Crippen LogP contribution in [0, 0.1) is 6.57 Å². The third kappa shape index (κ3) is 4.64. The van der Waals surface area contributed by atoms with Crippen LogP contribution in [0.1, 0.15) is 37.6 Å². The number of benzene rings is 1. The number of alkyl halides is 2. The number of piperazine rings is 1. The second-order valence-corrected chi connectivity index (χ2v) is 11.7. The largest absolute Gasteiger partial charge is 0.366 e. The fraction of sp³-hybridized carbons (Fsp3) is 0.500. The van der Waals surface area contributed by atoms with Crippen LogP contribution in [-0.2, 0) is 21.9 Å². The van der Waals surface area contributed by atoms with E-state index < -0.39 is 27.1 Å². The number of nitrogens with zero attached hydrogens (tertiary/aromatic N) is 7. The highest BCUT2D eigenvalue weighted by atomic mass is 32.2. The summed E-state index contributed by atoms with van der Waals surface area (Å²) in [6.45, 7) is 11.1. The lowest BCUT2D eigenvalue weighted by atomic mass is 10.1. The highest BCUT2D eigenvalue weighted by molar-refractivity contribution is 7.89. The summed E-state index contributed by atoms with van der Waals surface area (Å²) >= 11 is 0.696. The highest BCUT2D eigenvalue weighted by Crippen LogP contribution is 2.41. The molecule has 37 heavy (non-hydrogen) atoms. The van der Waals surface area contributed by atoms with Crippen molar-refractivity contribution >= 4 is 43.9 Å². The van der Waals surface area contributed by atoms with E-state index in [1.165, 1.54) is 12.1 Å². The van der Waals surface area contributed by atoms with E-state index in [9.17, 15) is 22.0 Å². The summed E-state index contributed by atoms with van der Waals surface area (Å²) < 4.78 is 57.2. The van der Waals surface area contributed by atoms with Gasteiger partial charge in [0.25, 0.3) is 12.1 Å². The van der Waals surface area contributed by atoms with Crippen LogP contribution in [-0.4, -0.2) is 71.0 Å². The van der Waals surface area contributed by atoms with Crippen LogP contribution >= 0.6 is 11.3 Å². The molecule has 1 saturated heterocycles. The summed E-state index contributed by atoms with van der Waals surface area (Å²) in [5, 5.41) is 12.0. The van der Waals surface area contributed by atoms with E-state index in [1.54, 1.807) is 23.6 Å². The minimum atomic E-state index is -4.09. The van der Waals surface area contributed by atoms with Gasteiger partial charge in [0.1, 0.15) is 5.69 Å². The SMILES string of the molecule is [C-]#[N+]C1(NS(=O)(=O)c2cc(N3CCN(C(=O)CC)CC3)c3c(c2)c(-c2nnc(C(F)F)s2)nn3C)CC1. The molecule has 1 aliphatic carbocycles. The average Bonchev–Trinajstić information content (AvgIpc) is 3.31. The lowest BCUT2D eigenvalue weighted by molar-refractivity contribution is -0.131. The normalized spacial score (nSPS) is 17.4. The Morgan fingerprint density at radius 1 is 1.24 bits per heavy atom. The van der Waals surface area contributed by atoms with E-state index >= 15 is 0 Å². The summed E-state index contributed by atoms with van der Waals surface area (Å²) in [5.41, 5.74) is 0.285. The molecule has 1 saturated carbocycles. The highest BCUT2D eigenvalue weighted by Gasteiger charge is 2.54. The number of anilines is 1. The van der Waals surface area contributed by atoms with Crippen molar-refractivity contribution in [3.8, 4) is 10.7 Å². The molecular weight excluding hydrogens is 526 g/mol. The molecule has 1 N–H and O–H groups in total. The first-order chi connectivity index (χ1) is 17.6. The van der Waals surface area contributed by atoms with Crippen molar-refractivity contribution in [2.24, 2.45) is 7.05 Å². The number of aryl methyl sites for hydroxylation is 1. The fourth-order valence-electron chi connectivity index (χ4n) is 4.42. The number of hydrogen-bond donors (Lipinski definition) is 1. The molecule has 3 heterocycles. The number of halogens is 2. The molecule has 2 aromatic heterocycles. The monoisotopic (exact) mass is 550 g/mol. The molecule has 2 fully saturated rings. The maximum atomic E-state index is 13.4. The smallest absolute Gasteiger partial charge is 0.299 e. The van der Waals surface area contributed by atoms with Gasteiger partial charge >= 0.3 is 0 Å². The second-order valence-electron chi connectivity index (χ2n) is 9.03. The van der Waals surface area contributed by atoms with Crippen LogP contribution in [0.2, 0.25) is 0 Å². The first-order valence-corrected chi connectivity index (χ1v) is 14.0. The zero-order chi connectivity index (χ0) is 26.5. The number of sulfonamides is 1. The molecule has 196 valence electrons. The van der Waals surface area contributed by atoms with Crippen molar-refractivity contribution in [3.63, 3.8) is 0 Å². The first kappa shape index (κ1) is 25.4. The quantitative estimate of drug-likeness (QED) is 0.450. The molecule has 1 amide bonds. The van der Waals surface area contributed by atoms with Gasteiger partial charge in [-0.05, 0) is 12.1 Å². The van der Waals surface area contributed by atoms with Crippen LogP contribution < -0.4 is 9.62 Å².